The number of rotatable bonds is 3. The number of anilines is 2. The van der Waals surface area contributed by atoms with E-state index >= 15 is 0 Å². The number of hydrogen-bond donors (Lipinski definition) is 2. The maximum atomic E-state index is 3.97. The minimum absolute atomic E-state index is 0.00901. The Labute approximate surface area is 266 Å². The number of hydrogen-bond acceptors (Lipinski definition) is 2. The Hall–Kier alpha value is -6.00. The van der Waals surface area contributed by atoms with Crippen LogP contribution in [0.4, 0.5) is 11.4 Å². The monoisotopic (exact) mass is 590 g/mol. The van der Waals surface area contributed by atoms with Crippen molar-refractivity contribution < 1.29 is 0 Å². The normalized spacial score (nSPS) is 16.2. The van der Waals surface area contributed by atoms with Crippen LogP contribution in [0.2, 0.25) is 0 Å². The van der Waals surface area contributed by atoms with Gasteiger partial charge in [-0.1, -0.05) is 109 Å². The number of nitrogens with one attached hydrogen (secondary N) is 2. The second-order valence-electron chi connectivity index (χ2n) is 12.3. The summed E-state index contributed by atoms with van der Waals surface area (Å²) in [5, 5.41) is 15.5. The predicted octanol–water partition coefficient (Wildman–Crippen LogP) is 10.8. The molecule has 0 saturated carbocycles. The van der Waals surface area contributed by atoms with Crippen molar-refractivity contribution in [3.63, 3.8) is 0 Å². The van der Waals surface area contributed by atoms with Gasteiger partial charge >= 0.3 is 0 Å². The Balaban J connectivity index is 1.34. The molecular formula is C42H30N4. The van der Waals surface area contributed by atoms with Gasteiger partial charge in [0.15, 0.2) is 0 Å². The van der Waals surface area contributed by atoms with Crippen LogP contribution in [0.1, 0.15) is 17.8 Å². The highest BCUT2D eigenvalue weighted by Crippen LogP contribution is 2.46. The molecule has 0 bridgehead atoms. The Bertz CT molecular complexity index is 2600. The van der Waals surface area contributed by atoms with Gasteiger partial charge in [0.2, 0.25) is 0 Å². The Morgan fingerprint density at radius 1 is 0.435 bits per heavy atom. The zero-order valence-corrected chi connectivity index (χ0v) is 25.1. The maximum absolute atomic E-state index is 3.97. The molecule has 9 aromatic rings. The van der Waals surface area contributed by atoms with Crippen LogP contribution in [0.15, 0.2) is 158 Å². The smallest absolute Gasteiger partial charge is 0.129 e. The summed E-state index contributed by atoms with van der Waals surface area (Å²) in [7, 11) is 0. The van der Waals surface area contributed by atoms with Gasteiger partial charge in [-0.05, 0) is 64.9 Å². The van der Waals surface area contributed by atoms with Crippen LogP contribution in [-0.2, 0) is 0 Å². The minimum Gasteiger partial charge on any atom is -0.373 e. The van der Waals surface area contributed by atoms with Crippen molar-refractivity contribution in [1.82, 2.24) is 9.13 Å². The highest BCUT2D eigenvalue weighted by Gasteiger charge is 2.32. The molecule has 0 saturated heterocycles. The zero-order chi connectivity index (χ0) is 30.2. The second-order valence-corrected chi connectivity index (χ2v) is 12.3. The molecule has 0 spiro atoms. The molecule has 2 atom stereocenters. The first-order valence-corrected chi connectivity index (χ1v) is 15.9. The van der Waals surface area contributed by atoms with E-state index in [1.54, 1.807) is 0 Å². The van der Waals surface area contributed by atoms with Crippen LogP contribution in [0.25, 0.3) is 60.1 Å². The largest absolute Gasteiger partial charge is 0.373 e. The van der Waals surface area contributed by atoms with Gasteiger partial charge in [-0.3, -0.25) is 0 Å². The predicted molar refractivity (Wildman–Crippen MR) is 193 cm³/mol. The number of benzene rings is 7. The molecule has 218 valence electrons. The molecule has 1 aliphatic rings. The van der Waals surface area contributed by atoms with Crippen molar-refractivity contribution in [3.8, 4) is 5.69 Å². The van der Waals surface area contributed by atoms with Crippen molar-refractivity contribution in [2.45, 2.75) is 12.2 Å². The van der Waals surface area contributed by atoms with Gasteiger partial charge in [0.25, 0.3) is 0 Å². The molecule has 4 nitrogen and oxygen atoms in total. The molecule has 1 aliphatic heterocycles. The lowest BCUT2D eigenvalue weighted by Crippen LogP contribution is -2.34. The molecule has 10 rings (SSSR count). The van der Waals surface area contributed by atoms with E-state index < -0.39 is 0 Å². The van der Waals surface area contributed by atoms with E-state index in [1.807, 2.05) is 0 Å². The van der Waals surface area contributed by atoms with Crippen molar-refractivity contribution in [2.75, 3.05) is 10.6 Å². The summed E-state index contributed by atoms with van der Waals surface area (Å²) >= 11 is 0. The van der Waals surface area contributed by atoms with E-state index in [1.165, 1.54) is 59.9 Å². The number of fused-ring (bicyclic) bond motifs is 9. The van der Waals surface area contributed by atoms with Gasteiger partial charge in [-0.15, -0.1) is 0 Å². The highest BCUT2D eigenvalue weighted by molar-refractivity contribution is 6.25. The fraction of sp³-hybridized carbons (Fsp3) is 0.0476. The first-order chi connectivity index (χ1) is 22.8. The Morgan fingerprint density at radius 2 is 1.11 bits per heavy atom. The molecular weight excluding hydrogens is 560 g/mol. The third-order valence-electron chi connectivity index (χ3n) is 9.79. The summed E-state index contributed by atoms with van der Waals surface area (Å²) in [6.45, 7) is 0. The number of aromatic nitrogens is 2. The second kappa shape index (κ2) is 9.75. The van der Waals surface area contributed by atoms with E-state index in [2.05, 4.69) is 177 Å². The molecule has 0 fully saturated rings. The minimum atomic E-state index is -0.0764. The lowest BCUT2D eigenvalue weighted by Gasteiger charge is -2.38. The molecule has 2 unspecified atom stereocenters. The van der Waals surface area contributed by atoms with Crippen LogP contribution in [0.5, 0.6) is 0 Å². The van der Waals surface area contributed by atoms with Crippen molar-refractivity contribution in [1.29, 1.82) is 0 Å². The summed E-state index contributed by atoms with van der Waals surface area (Å²) in [4.78, 5) is 0. The van der Waals surface area contributed by atoms with Gasteiger partial charge in [-0.2, -0.15) is 0 Å². The Morgan fingerprint density at radius 3 is 1.93 bits per heavy atom. The van der Waals surface area contributed by atoms with Crippen LogP contribution in [-0.4, -0.2) is 9.13 Å². The fourth-order valence-corrected chi connectivity index (χ4v) is 7.80. The van der Waals surface area contributed by atoms with Crippen molar-refractivity contribution >= 4 is 65.8 Å². The third-order valence-corrected chi connectivity index (χ3v) is 9.79. The van der Waals surface area contributed by atoms with E-state index in [0.717, 1.165) is 17.1 Å². The highest BCUT2D eigenvalue weighted by atomic mass is 15.3. The molecule has 0 radical (unpaired) electrons. The lowest BCUT2D eigenvalue weighted by atomic mass is 10.00. The number of nitrogens with zero attached hydrogens (tertiary/aromatic N) is 2. The van der Waals surface area contributed by atoms with Gasteiger partial charge in [0.1, 0.15) is 6.17 Å². The first kappa shape index (κ1) is 25.3. The summed E-state index contributed by atoms with van der Waals surface area (Å²) in [5.41, 5.74) is 9.47. The van der Waals surface area contributed by atoms with Crippen molar-refractivity contribution in [3.05, 3.63) is 163 Å². The quantitative estimate of drug-likeness (QED) is 0.215. The zero-order valence-electron chi connectivity index (χ0n) is 25.1. The van der Waals surface area contributed by atoms with E-state index in [-0.39, 0.29) is 12.2 Å². The topological polar surface area (TPSA) is 33.9 Å². The standard InChI is InChI=1S/C42H30N4/c1-3-14-28(15-4-1)41-42(44-35-21-11-10-20-34(35)43-41)46-36-22-12-9-19-31(36)32-25-33-39(26-38(32)46)45(29-16-5-2-6-17-29)37-24-23-27-13-7-8-18-30(27)40(33)37/h1-26,41-44H. The molecule has 4 heteroatoms. The molecule has 7 aromatic carbocycles. The van der Waals surface area contributed by atoms with Crippen molar-refractivity contribution in [2.24, 2.45) is 0 Å². The lowest BCUT2D eigenvalue weighted by molar-refractivity contribution is 0.506. The van der Waals surface area contributed by atoms with Crippen LogP contribution < -0.4 is 10.6 Å². The van der Waals surface area contributed by atoms with Crippen LogP contribution in [0, 0.1) is 0 Å². The summed E-state index contributed by atoms with van der Waals surface area (Å²) in [6, 6.07) is 57.1. The summed E-state index contributed by atoms with van der Waals surface area (Å²) in [6.07, 6.45) is -0.0764. The summed E-state index contributed by atoms with van der Waals surface area (Å²) < 4.78 is 4.96. The fourth-order valence-electron chi connectivity index (χ4n) is 7.80. The van der Waals surface area contributed by atoms with E-state index in [9.17, 15) is 0 Å². The van der Waals surface area contributed by atoms with Gasteiger partial charge in [-0.25, -0.2) is 0 Å². The average molecular weight is 591 g/mol. The SMILES string of the molecule is c1ccc(C2Nc3ccccc3NC2n2c3ccccc3c3cc4c5c6ccccc6ccc5n(-c5ccccc5)c4cc32)cc1. The molecule has 0 amide bonds. The van der Waals surface area contributed by atoms with Crippen LogP contribution >= 0.6 is 0 Å². The van der Waals surface area contributed by atoms with E-state index in [0.29, 0.717) is 0 Å². The first-order valence-electron chi connectivity index (χ1n) is 15.9. The van der Waals surface area contributed by atoms with Gasteiger partial charge in [0.05, 0.1) is 39.5 Å². The molecule has 2 aromatic heterocycles. The average Bonchev–Trinajstić information content (AvgIpc) is 3.63. The molecule has 3 heterocycles. The molecule has 0 aliphatic carbocycles. The van der Waals surface area contributed by atoms with Crippen LogP contribution in [0.3, 0.4) is 0 Å². The van der Waals surface area contributed by atoms with Gasteiger partial charge < -0.3 is 19.8 Å². The Kier molecular flexibility index (Phi) is 5.37. The molecule has 46 heavy (non-hydrogen) atoms. The van der Waals surface area contributed by atoms with E-state index in [4.69, 9.17) is 0 Å². The number of para-hydroxylation sites is 4. The maximum Gasteiger partial charge on any atom is 0.129 e. The molecule has 2 N–H and O–H groups in total. The van der Waals surface area contributed by atoms with Gasteiger partial charge in [0, 0.05) is 27.2 Å². The summed E-state index contributed by atoms with van der Waals surface area (Å²) in [5.74, 6) is 0. The third kappa shape index (κ3) is 3.61.